The normalized spacial score (nSPS) is 11.8. The Labute approximate surface area is 116 Å². The minimum absolute atomic E-state index is 0.160. The molecular weight excluding hydrogens is 260 g/mol. The predicted octanol–water partition coefficient (Wildman–Crippen LogP) is 1.10. The molecule has 2 amide bonds. The summed E-state index contributed by atoms with van der Waals surface area (Å²) in [6.07, 6.45) is 5.06. The molecule has 2 N–H and O–H groups in total. The number of aryl methyl sites for hydroxylation is 1. The molecule has 0 radical (unpaired) electrons. The third-order valence-corrected chi connectivity index (χ3v) is 2.63. The molecule has 0 saturated heterocycles. The number of ether oxygens (including phenoxy) is 1. The number of carbonyl (C=O) groups is 1. The summed E-state index contributed by atoms with van der Waals surface area (Å²) in [5.41, 5.74) is 0.919. The van der Waals surface area contributed by atoms with Gasteiger partial charge in [-0.25, -0.2) is 9.78 Å². The molecule has 2 rings (SSSR count). The molecule has 2 aromatic heterocycles. The van der Waals surface area contributed by atoms with E-state index in [1.54, 1.807) is 16.9 Å². The Morgan fingerprint density at radius 2 is 2.30 bits per heavy atom. The predicted molar refractivity (Wildman–Crippen MR) is 72.4 cm³/mol. The third kappa shape index (κ3) is 3.44. The van der Waals surface area contributed by atoms with E-state index in [4.69, 9.17) is 4.74 Å². The van der Waals surface area contributed by atoms with E-state index >= 15 is 0 Å². The molecule has 106 valence electrons. The van der Waals surface area contributed by atoms with E-state index in [-0.39, 0.29) is 18.1 Å². The lowest BCUT2D eigenvalue weighted by Crippen LogP contribution is -2.31. The highest BCUT2D eigenvalue weighted by Crippen LogP contribution is 2.11. The van der Waals surface area contributed by atoms with Gasteiger partial charge in [-0.05, 0) is 13.0 Å². The number of nitrogens with one attached hydrogen (secondary N) is 2. The molecule has 0 fully saturated rings. The smallest absolute Gasteiger partial charge is 0.320 e. The number of urea groups is 1. The molecule has 0 unspecified atom stereocenters. The molecule has 8 nitrogen and oxygen atoms in total. The summed E-state index contributed by atoms with van der Waals surface area (Å²) in [5, 5.41) is 9.47. The molecule has 2 heterocycles. The number of aromatic nitrogens is 4. The van der Waals surface area contributed by atoms with Crippen molar-refractivity contribution in [3.63, 3.8) is 0 Å². The average Bonchev–Trinajstić information content (AvgIpc) is 2.85. The van der Waals surface area contributed by atoms with Crippen molar-refractivity contribution < 1.29 is 9.53 Å². The fourth-order valence-corrected chi connectivity index (χ4v) is 1.60. The quantitative estimate of drug-likeness (QED) is 0.872. The summed E-state index contributed by atoms with van der Waals surface area (Å²) in [6, 6.07) is 1.26. The van der Waals surface area contributed by atoms with Gasteiger partial charge in [0.2, 0.25) is 0 Å². The second-order valence-electron chi connectivity index (χ2n) is 4.20. The van der Waals surface area contributed by atoms with Crippen LogP contribution in [0.5, 0.6) is 6.01 Å². The zero-order valence-electron chi connectivity index (χ0n) is 11.5. The summed E-state index contributed by atoms with van der Waals surface area (Å²) >= 11 is 0. The Kier molecular flexibility index (Phi) is 4.14. The molecule has 0 aromatic carbocycles. The number of hydrogen-bond acceptors (Lipinski definition) is 5. The van der Waals surface area contributed by atoms with Crippen molar-refractivity contribution in [1.29, 1.82) is 0 Å². The van der Waals surface area contributed by atoms with Crippen molar-refractivity contribution in [2.45, 2.75) is 13.0 Å². The van der Waals surface area contributed by atoms with E-state index in [1.807, 2.05) is 20.2 Å². The first-order valence-electron chi connectivity index (χ1n) is 6.01. The van der Waals surface area contributed by atoms with Gasteiger partial charge in [-0.2, -0.15) is 10.1 Å². The number of rotatable bonds is 4. The van der Waals surface area contributed by atoms with Crippen LogP contribution in [-0.2, 0) is 7.05 Å². The average molecular weight is 276 g/mol. The lowest BCUT2D eigenvalue weighted by atomic mass is 10.2. The van der Waals surface area contributed by atoms with Crippen molar-refractivity contribution in [1.82, 2.24) is 25.1 Å². The number of amides is 2. The molecule has 8 heteroatoms. The van der Waals surface area contributed by atoms with Crippen molar-refractivity contribution in [2.24, 2.45) is 7.05 Å². The van der Waals surface area contributed by atoms with Gasteiger partial charge in [0.05, 0.1) is 19.3 Å². The van der Waals surface area contributed by atoms with Crippen molar-refractivity contribution >= 4 is 11.8 Å². The van der Waals surface area contributed by atoms with Crippen LogP contribution in [0.4, 0.5) is 10.6 Å². The van der Waals surface area contributed by atoms with Crippen LogP contribution in [0.3, 0.4) is 0 Å². The highest BCUT2D eigenvalue weighted by molar-refractivity contribution is 5.88. The van der Waals surface area contributed by atoms with Gasteiger partial charge in [-0.3, -0.25) is 10.00 Å². The van der Waals surface area contributed by atoms with E-state index in [0.717, 1.165) is 5.56 Å². The number of methoxy groups -OCH3 is 1. The van der Waals surface area contributed by atoms with Crippen LogP contribution in [0.1, 0.15) is 18.5 Å². The summed E-state index contributed by atoms with van der Waals surface area (Å²) in [4.78, 5) is 19.7. The van der Waals surface area contributed by atoms with E-state index < -0.39 is 0 Å². The first-order chi connectivity index (χ1) is 9.58. The standard InChI is InChI=1S/C12H16N6O2/c1-8(9-6-14-18(2)7-9)15-11(19)16-10-4-5-13-12(17-10)20-3/h4-8H,1-3H3,(H2,13,15,16,17,19)/t8-/m1/s1. The van der Waals surface area contributed by atoms with Crippen LogP contribution in [0.2, 0.25) is 0 Å². The second-order valence-corrected chi connectivity index (χ2v) is 4.20. The molecule has 20 heavy (non-hydrogen) atoms. The first-order valence-corrected chi connectivity index (χ1v) is 6.01. The maximum Gasteiger partial charge on any atom is 0.320 e. The molecule has 2 aromatic rings. The van der Waals surface area contributed by atoms with Gasteiger partial charge in [-0.1, -0.05) is 0 Å². The Bertz CT molecular complexity index is 597. The topological polar surface area (TPSA) is 94.0 Å². The summed E-state index contributed by atoms with van der Waals surface area (Å²) in [5.74, 6) is 0.368. The third-order valence-electron chi connectivity index (χ3n) is 2.63. The number of carbonyl (C=O) groups excluding carboxylic acids is 1. The van der Waals surface area contributed by atoms with Gasteiger partial charge < -0.3 is 10.1 Å². The number of hydrogen-bond donors (Lipinski definition) is 2. The SMILES string of the molecule is COc1nccc(NC(=O)N[C@H](C)c2cnn(C)c2)n1. The second kappa shape index (κ2) is 6.00. The van der Waals surface area contributed by atoms with Crippen molar-refractivity contribution in [2.75, 3.05) is 12.4 Å². The molecule has 0 aliphatic heterocycles. The van der Waals surface area contributed by atoms with E-state index in [1.165, 1.54) is 13.3 Å². The van der Waals surface area contributed by atoms with Gasteiger partial charge in [-0.15, -0.1) is 0 Å². The van der Waals surface area contributed by atoms with Crippen LogP contribution in [0, 0.1) is 0 Å². The van der Waals surface area contributed by atoms with Crippen molar-refractivity contribution in [3.8, 4) is 6.01 Å². The van der Waals surface area contributed by atoms with Crippen LogP contribution in [0.15, 0.2) is 24.7 Å². The minimum atomic E-state index is -0.359. The molecule has 0 aliphatic rings. The molecule has 0 spiro atoms. The highest BCUT2D eigenvalue weighted by atomic mass is 16.5. The van der Waals surface area contributed by atoms with Gasteiger partial charge in [0.15, 0.2) is 0 Å². The molecular formula is C12H16N6O2. The van der Waals surface area contributed by atoms with Crippen LogP contribution in [-0.4, -0.2) is 32.9 Å². The first kappa shape index (κ1) is 13.8. The zero-order chi connectivity index (χ0) is 14.5. The van der Waals surface area contributed by atoms with E-state index in [2.05, 4.69) is 25.7 Å². The Hall–Kier alpha value is -2.64. The highest BCUT2D eigenvalue weighted by Gasteiger charge is 2.11. The van der Waals surface area contributed by atoms with Gasteiger partial charge in [0, 0.05) is 25.0 Å². The number of anilines is 1. The van der Waals surface area contributed by atoms with Gasteiger partial charge in [0.1, 0.15) is 5.82 Å². The zero-order valence-corrected chi connectivity index (χ0v) is 11.5. The molecule has 1 atom stereocenters. The Balaban J connectivity index is 1.95. The molecule has 0 bridgehead atoms. The molecule has 0 saturated carbocycles. The lowest BCUT2D eigenvalue weighted by molar-refractivity contribution is 0.249. The lowest BCUT2D eigenvalue weighted by Gasteiger charge is -2.12. The summed E-state index contributed by atoms with van der Waals surface area (Å²) in [7, 11) is 3.28. The maximum atomic E-state index is 11.9. The number of nitrogens with zero attached hydrogens (tertiary/aromatic N) is 4. The Morgan fingerprint density at radius 3 is 2.95 bits per heavy atom. The van der Waals surface area contributed by atoms with E-state index in [0.29, 0.717) is 5.82 Å². The maximum absolute atomic E-state index is 11.9. The monoisotopic (exact) mass is 276 g/mol. The summed E-state index contributed by atoms with van der Waals surface area (Å²) < 4.78 is 6.57. The van der Waals surface area contributed by atoms with Crippen LogP contribution < -0.4 is 15.4 Å². The fraction of sp³-hybridized carbons (Fsp3) is 0.333. The van der Waals surface area contributed by atoms with Gasteiger partial charge in [0.25, 0.3) is 0 Å². The van der Waals surface area contributed by atoms with Crippen LogP contribution in [0.25, 0.3) is 0 Å². The van der Waals surface area contributed by atoms with E-state index in [9.17, 15) is 4.79 Å². The van der Waals surface area contributed by atoms with Gasteiger partial charge >= 0.3 is 12.0 Å². The van der Waals surface area contributed by atoms with Crippen LogP contribution >= 0.6 is 0 Å². The minimum Gasteiger partial charge on any atom is -0.467 e. The summed E-state index contributed by atoms with van der Waals surface area (Å²) in [6.45, 7) is 1.87. The largest absolute Gasteiger partial charge is 0.467 e. The fourth-order valence-electron chi connectivity index (χ4n) is 1.60. The van der Waals surface area contributed by atoms with Crippen molar-refractivity contribution in [3.05, 3.63) is 30.2 Å². The Morgan fingerprint density at radius 1 is 1.50 bits per heavy atom. The molecule has 0 aliphatic carbocycles.